The first-order valence-corrected chi connectivity index (χ1v) is 8.63. The van der Waals surface area contributed by atoms with E-state index in [1.54, 1.807) is 24.3 Å². The predicted molar refractivity (Wildman–Crippen MR) is 64.6 cm³/mol. The van der Waals surface area contributed by atoms with E-state index >= 15 is 0 Å². The highest BCUT2D eigenvalue weighted by molar-refractivity contribution is 7.89. The molecule has 0 atom stereocenters. The summed E-state index contributed by atoms with van der Waals surface area (Å²) >= 11 is 0. The normalized spacial score (nSPS) is 12.6. The Morgan fingerprint density at radius 3 is 2.18 bits per heavy atom. The lowest BCUT2D eigenvalue weighted by molar-refractivity contribution is 0.311. The lowest BCUT2D eigenvalue weighted by Gasteiger charge is -2.04. The van der Waals surface area contributed by atoms with Crippen LogP contribution in [0.1, 0.15) is 11.1 Å². The molecule has 0 fully saturated rings. The van der Waals surface area contributed by atoms with Gasteiger partial charge in [-0.25, -0.2) is 8.42 Å². The molecular weight excluding hydrogens is 264 g/mol. The Balaban J connectivity index is 2.80. The van der Waals surface area contributed by atoms with Crippen molar-refractivity contribution in [2.45, 2.75) is 12.4 Å². The second-order valence-corrected chi connectivity index (χ2v) is 7.64. The van der Waals surface area contributed by atoms with Crippen LogP contribution in [0, 0.1) is 0 Å². The highest BCUT2D eigenvalue weighted by Crippen LogP contribution is 2.10. The molecule has 7 heteroatoms. The number of hydrogen-bond donors (Lipinski definition) is 0. The average molecular weight is 278 g/mol. The van der Waals surface area contributed by atoms with E-state index in [9.17, 15) is 16.8 Å². The summed E-state index contributed by atoms with van der Waals surface area (Å²) < 4.78 is 48.4. The first-order chi connectivity index (χ1) is 7.66. The Bertz CT molecular complexity index is 587. The van der Waals surface area contributed by atoms with Crippen LogP contribution in [0.4, 0.5) is 0 Å². The number of benzene rings is 1. The molecule has 0 radical (unpaired) electrons. The van der Waals surface area contributed by atoms with Gasteiger partial charge in [-0.05, 0) is 11.1 Å². The maximum Gasteiger partial charge on any atom is 0.264 e. The van der Waals surface area contributed by atoms with E-state index in [2.05, 4.69) is 4.18 Å². The molecule has 96 valence electrons. The first-order valence-electron chi connectivity index (χ1n) is 4.76. The minimum Gasteiger partial charge on any atom is -0.265 e. The Morgan fingerprint density at radius 2 is 1.65 bits per heavy atom. The lowest BCUT2D eigenvalue weighted by atomic mass is 10.1. The van der Waals surface area contributed by atoms with Crippen LogP contribution >= 0.6 is 0 Å². The molecular formula is C10H14O5S2. The molecule has 0 aliphatic heterocycles. The quantitative estimate of drug-likeness (QED) is 0.741. The van der Waals surface area contributed by atoms with Crippen LogP contribution in [-0.4, -0.2) is 29.3 Å². The summed E-state index contributed by atoms with van der Waals surface area (Å²) in [6.07, 6.45) is 2.11. The maximum absolute atomic E-state index is 11.1. The molecule has 0 aliphatic carbocycles. The van der Waals surface area contributed by atoms with Crippen molar-refractivity contribution >= 4 is 20.0 Å². The van der Waals surface area contributed by atoms with E-state index in [1.807, 2.05) is 0 Å². The van der Waals surface area contributed by atoms with Crippen LogP contribution < -0.4 is 0 Å². The van der Waals surface area contributed by atoms with E-state index in [1.165, 1.54) is 0 Å². The second-order valence-electron chi connectivity index (χ2n) is 3.86. The van der Waals surface area contributed by atoms with Crippen molar-refractivity contribution in [3.8, 4) is 0 Å². The van der Waals surface area contributed by atoms with Crippen molar-refractivity contribution in [2.75, 3.05) is 12.5 Å². The predicted octanol–water partition coefficient (Wildman–Crippen LogP) is 0.707. The van der Waals surface area contributed by atoms with Crippen molar-refractivity contribution in [3.05, 3.63) is 35.4 Å². The molecule has 0 amide bonds. The fourth-order valence-electron chi connectivity index (χ4n) is 1.29. The molecule has 1 aromatic rings. The minimum atomic E-state index is -3.49. The molecule has 0 N–H and O–H groups in total. The summed E-state index contributed by atoms with van der Waals surface area (Å²) in [5, 5.41) is 0. The first kappa shape index (κ1) is 14.1. The monoisotopic (exact) mass is 278 g/mol. The van der Waals surface area contributed by atoms with Gasteiger partial charge in [0.2, 0.25) is 0 Å². The van der Waals surface area contributed by atoms with Crippen molar-refractivity contribution < 1.29 is 21.0 Å². The minimum absolute atomic E-state index is 0.0697. The molecule has 0 bridgehead atoms. The smallest absolute Gasteiger partial charge is 0.264 e. The summed E-state index contributed by atoms with van der Waals surface area (Å²) in [6, 6.07) is 6.63. The molecule has 0 saturated heterocycles. The van der Waals surface area contributed by atoms with Crippen molar-refractivity contribution in [3.63, 3.8) is 0 Å². The standard InChI is InChI=1S/C10H14O5S2/c1-16(11,12)8-10-5-3-4-9(6-10)7-15-17(2,13)14/h3-6H,7-8H2,1-2H3. The Labute approximate surface area is 101 Å². The SMILES string of the molecule is CS(=O)(=O)Cc1cccc(COS(C)(=O)=O)c1. The highest BCUT2D eigenvalue weighted by Gasteiger charge is 2.06. The highest BCUT2D eigenvalue weighted by atomic mass is 32.2. The number of rotatable bonds is 5. The fraction of sp³-hybridized carbons (Fsp3) is 0.400. The second kappa shape index (κ2) is 5.16. The topological polar surface area (TPSA) is 77.5 Å². The van der Waals surface area contributed by atoms with Gasteiger partial charge in [0.1, 0.15) is 0 Å². The maximum atomic E-state index is 11.1. The third-order valence-electron chi connectivity index (χ3n) is 1.86. The summed E-state index contributed by atoms with van der Waals surface area (Å²) in [5.41, 5.74) is 1.23. The van der Waals surface area contributed by atoms with E-state index in [-0.39, 0.29) is 12.4 Å². The van der Waals surface area contributed by atoms with Gasteiger partial charge in [0.25, 0.3) is 10.1 Å². The van der Waals surface area contributed by atoms with Gasteiger partial charge in [-0.3, -0.25) is 4.18 Å². The van der Waals surface area contributed by atoms with Crippen LogP contribution in [0.5, 0.6) is 0 Å². The van der Waals surface area contributed by atoms with Gasteiger partial charge >= 0.3 is 0 Å². The zero-order valence-corrected chi connectivity index (χ0v) is 11.2. The summed E-state index contributed by atoms with van der Waals surface area (Å²) in [5.74, 6) is -0.0697. The van der Waals surface area contributed by atoms with E-state index in [0.29, 0.717) is 11.1 Å². The molecule has 0 aromatic heterocycles. The third kappa shape index (κ3) is 6.40. The molecule has 0 heterocycles. The van der Waals surface area contributed by atoms with Gasteiger partial charge in [0.05, 0.1) is 18.6 Å². The molecule has 5 nitrogen and oxygen atoms in total. The molecule has 17 heavy (non-hydrogen) atoms. The van der Waals surface area contributed by atoms with Gasteiger partial charge in [-0.1, -0.05) is 24.3 Å². The van der Waals surface area contributed by atoms with Gasteiger partial charge in [0, 0.05) is 6.26 Å². The van der Waals surface area contributed by atoms with Crippen LogP contribution in [0.25, 0.3) is 0 Å². The average Bonchev–Trinajstić information content (AvgIpc) is 2.11. The molecule has 0 spiro atoms. The summed E-state index contributed by atoms with van der Waals surface area (Å²) in [6.45, 7) is -0.0869. The van der Waals surface area contributed by atoms with Gasteiger partial charge in [-0.2, -0.15) is 8.42 Å². The summed E-state index contributed by atoms with van der Waals surface area (Å²) in [7, 11) is -6.58. The third-order valence-corrected chi connectivity index (χ3v) is 3.26. The van der Waals surface area contributed by atoms with Crippen LogP contribution in [0.15, 0.2) is 24.3 Å². The van der Waals surface area contributed by atoms with E-state index in [0.717, 1.165) is 12.5 Å². The van der Waals surface area contributed by atoms with Crippen molar-refractivity contribution in [2.24, 2.45) is 0 Å². The molecule has 1 rings (SSSR count). The van der Waals surface area contributed by atoms with Crippen LogP contribution in [0.3, 0.4) is 0 Å². The largest absolute Gasteiger partial charge is 0.265 e. The van der Waals surface area contributed by atoms with Crippen molar-refractivity contribution in [1.82, 2.24) is 0 Å². The molecule has 0 aliphatic rings. The van der Waals surface area contributed by atoms with Gasteiger partial charge in [-0.15, -0.1) is 0 Å². The van der Waals surface area contributed by atoms with Crippen molar-refractivity contribution in [1.29, 1.82) is 0 Å². The molecule has 1 aromatic carbocycles. The summed E-state index contributed by atoms with van der Waals surface area (Å²) in [4.78, 5) is 0. The lowest BCUT2D eigenvalue weighted by Crippen LogP contribution is -2.04. The van der Waals surface area contributed by atoms with E-state index in [4.69, 9.17) is 0 Å². The van der Waals surface area contributed by atoms with Crippen LogP contribution in [-0.2, 0) is 36.5 Å². The Morgan fingerprint density at radius 1 is 1.06 bits per heavy atom. The van der Waals surface area contributed by atoms with Crippen LogP contribution in [0.2, 0.25) is 0 Å². The molecule has 0 saturated carbocycles. The zero-order chi connectivity index (χ0) is 13.1. The Kier molecular flexibility index (Phi) is 4.29. The van der Waals surface area contributed by atoms with E-state index < -0.39 is 20.0 Å². The zero-order valence-electron chi connectivity index (χ0n) is 9.58. The Hall–Kier alpha value is -0.920. The number of hydrogen-bond acceptors (Lipinski definition) is 5. The van der Waals surface area contributed by atoms with Gasteiger partial charge < -0.3 is 0 Å². The molecule has 0 unspecified atom stereocenters. The van der Waals surface area contributed by atoms with Gasteiger partial charge in [0.15, 0.2) is 9.84 Å². The fourth-order valence-corrected chi connectivity index (χ4v) is 2.42. The number of sulfone groups is 1.